The molecule has 0 aliphatic heterocycles. The standard InChI is InChI=1S/C23H26N8O2/c1-15-9-16(2)31(28-15)14-17-5-7-19(8-6-17)22(32)27-20-12-26-30(4)21(20)23(33)24-10-18-11-25-29(3)13-18/h5-9,11-13H,10,14H2,1-4H3,(H,24,33)(H,27,32). The van der Waals surface area contributed by atoms with E-state index in [4.69, 9.17) is 0 Å². The van der Waals surface area contributed by atoms with E-state index in [0.717, 1.165) is 22.5 Å². The van der Waals surface area contributed by atoms with Gasteiger partial charge in [-0.05, 0) is 37.6 Å². The molecule has 0 saturated carbocycles. The molecule has 4 rings (SSSR count). The number of nitrogens with one attached hydrogen (secondary N) is 2. The van der Waals surface area contributed by atoms with Gasteiger partial charge in [0.15, 0.2) is 0 Å². The van der Waals surface area contributed by atoms with Crippen LogP contribution in [0.15, 0.2) is 48.9 Å². The van der Waals surface area contributed by atoms with Crippen molar-refractivity contribution >= 4 is 17.5 Å². The first kappa shape index (κ1) is 22.0. The number of hydrogen-bond acceptors (Lipinski definition) is 5. The number of rotatable bonds is 7. The van der Waals surface area contributed by atoms with Crippen LogP contribution in [0.2, 0.25) is 0 Å². The largest absolute Gasteiger partial charge is 0.346 e. The Morgan fingerprint density at radius 2 is 1.73 bits per heavy atom. The van der Waals surface area contributed by atoms with Gasteiger partial charge in [0, 0.05) is 43.7 Å². The summed E-state index contributed by atoms with van der Waals surface area (Å²) in [4.78, 5) is 25.5. The van der Waals surface area contributed by atoms with Crippen LogP contribution in [0.1, 0.15) is 43.4 Å². The molecule has 2 amide bonds. The van der Waals surface area contributed by atoms with Crippen LogP contribution in [0.3, 0.4) is 0 Å². The summed E-state index contributed by atoms with van der Waals surface area (Å²) in [7, 11) is 3.47. The van der Waals surface area contributed by atoms with E-state index >= 15 is 0 Å². The monoisotopic (exact) mass is 446 g/mol. The second kappa shape index (κ2) is 9.11. The Bertz CT molecular complexity index is 1300. The number of benzene rings is 1. The summed E-state index contributed by atoms with van der Waals surface area (Å²) in [6, 6.07) is 9.34. The third kappa shape index (κ3) is 5.00. The molecule has 0 aliphatic carbocycles. The molecule has 0 fully saturated rings. The first-order valence-corrected chi connectivity index (χ1v) is 10.5. The van der Waals surface area contributed by atoms with Crippen LogP contribution in [-0.4, -0.2) is 41.2 Å². The Morgan fingerprint density at radius 1 is 0.970 bits per heavy atom. The number of nitrogens with zero attached hydrogens (tertiary/aromatic N) is 6. The topological polar surface area (TPSA) is 112 Å². The van der Waals surface area contributed by atoms with E-state index in [0.29, 0.717) is 24.3 Å². The summed E-state index contributed by atoms with van der Waals surface area (Å²) < 4.78 is 5.03. The van der Waals surface area contributed by atoms with Crippen molar-refractivity contribution in [2.45, 2.75) is 26.9 Å². The van der Waals surface area contributed by atoms with Gasteiger partial charge in [0.25, 0.3) is 11.8 Å². The summed E-state index contributed by atoms with van der Waals surface area (Å²) in [5.41, 5.74) is 5.07. The molecule has 0 spiro atoms. The van der Waals surface area contributed by atoms with Crippen LogP contribution < -0.4 is 10.6 Å². The Kier molecular flexibility index (Phi) is 6.07. The maximum absolute atomic E-state index is 12.8. The molecule has 3 heterocycles. The SMILES string of the molecule is Cc1cc(C)n(Cc2ccc(C(=O)Nc3cnn(C)c3C(=O)NCc3cnn(C)c3)cc2)n1. The van der Waals surface area contributed by atoms with E-state index in [1.54, 1.807) is 30.1 Å². The third-order valence-electron chi connectivity index (χ3n) is 5.27. The lowest BCUT2D eigenvalue weighted by Crippen LogP contribution is -2.26. The van der Waals surface area contributed by atoms with Crippen molar-refractivity contribution in [1.29, 1.82) is 0 Å². The van der Waals surface area contributed by atoms with Crippen molar-refractivity contribution in [1.82, 2.24) is 34.7 Å². The summed E-state index contributed by atoms with van der Waals surface area (Å²) in [5.74, 6) is -0.656. The van der Waals surface area contributed by atoms with Gasteiger partial charge < -0.3 is 10.6 Å². The Morgan fingerprint density at radius 3 is 2.36 bits per heavy atom. The van der Waals surface area contributed by atoms with Gasteiger partial charge in [0.2, 0.25) is 0 Å². The van der Waals surface area contributed by atoms with E-state index in [9.17, 15) is 9.59 Å². The molecule has 10 heteroatoms. The minimum atomic E-state index is -0.339. The highest BCUT2D eigenvalue weighted by Gasteiger charge is 2.19. The van der Waals surface area contributed by atoms with Gasteiger partial charge in [0.05, 0.1) is 30.3 Å². The highest BCUT2D eigenvalue weighted by atomic mass is 16.2. The molecule has 4 aromatic rings. The maximum Gasteiger partial charge on any atom is 0.271 e. The van der Waals surface area contributed by atoms with E-state index in [1.807, 2.05) is 50.0 Å². The Hall–Kier alpha value is -4.21. The van der Waals surface area contributed by atoms with Gasteiger partial charge in [0.1, 0.15) is 5.69 Å². The van der Waals surface area contributed by atoms with Crippen LogP contribution >= 0.6 is 0 Å². The molecule has 0 unspecified atom stereocenters. The van der Waals surface area contributed by atoms with E-state index in [-0.39, 0.29) is 17.5 Å². The van der Waals surface area contributed by atoms with Gasteiger partial charge in [-0.3, -0.25) is 23.6 Å². The molecule has 0 radical (unpaired) electrons. The molecule has 0 saturated heterocycles. The summed E-state index contributed by atoms with van der Waals surface area (Å²) >= 11 is 0. The first-order valence-electron chi connectivity index (χ1n) is 10.5. The number of carbonyl (C=O) groups is 2. The highest BCUT2D eigenvalue weighted by Crippen LogP contribution is 2.17. The van der Waals surface area contributed by atoms with Crippen LogP contribution in [0.5, 0.6) is 0 Å². The fourth-order valence-electron chi connectivity index (χ4n) is 3.59. The van der Waals surface area contributed by atoms with E-state index in [2.05, 4.69) is 25.9 Å². The molecule has 0 bridgehead atoms. The summed E-state index contributed by atoms with van der Waals surface area (Å²) in [6.07, 6.45) is 4.98. The zero-order valence-electron chi connectivity index (χ0n) is 19.0. The number of aromatic nitrogens is 6. The zero-order chi connectivity index (χ0) is 23.5. The summed E-state index contributed by atoms with van der Waals surface area (Å²) in [5, 5.41) is 18.3. The molecule has 3 aromatic heterocycles. The minimum Gasteiger partial charge on any atom is -0.346 e. The molecule has 33 heavy (non-hydrogen) atoms. The number of amides is 2. The van der Waals surface area contributed by atoms with Crippen LogP contribution in [0.25, 0.3) is 0 Å². The van der Waals surface area contributed by atoms with E-state index in [1.165, 1.54) is 10.9 Å². The van der Waals surface area contributed by atoms with E-state index < -0.39 is 0 Å². The van der Waals surface area contributed by atoms with Crippen LogP contribution in [0, 0.1) is 13.8 Å². The number of carbonyl (C=O) groups excluding carboxylic acids is 2. The molecule has 170 valence electrons. The zero-order valence-corrected chi connectivity index (χ0v) is 19.0. The van der Waals surface area contributed by atoms with Crippen molar-refractivity contribution < 1.29 is 9.59 Å². The van der Waals surface area contributed by atoms with Gasteiger partial charge in [-0.15, -0.1) is 0 Å². The average Bonchev–Trinajstić information content (AvgIpc) is 3.45. The maximum atomic E-state index is 12.8. The molecular formula is C23H26N8O2. The smallest absolute Gasteiger partial charge is 0.271 e. The predicted molar refractivity (Wildman–Crippen MR) is 123 cm³/mol. The summed E-state index contributed by atoms with van der Waals surface area (Å²) in [6.45, 7) is 4.93. The second-order valence-electron chi connectivity index (χ2n) is 7.97. The minimum absolute atomic E-state index is 0.272. The fraction of sp³-hybridized carbons (Fsp3) is 0.261. The Balaban J connectivity index is 1.42. The second-order valence-corrected chi connectivity index (χ2v) is 7.97. The van der Waals surface area contributed by atoms with Gasteiger partial charge in [-0.2, -0.15) is 15.3 Å². The quantitative estimate of drug-likeness (QED) is 0.452. The molecular weight excluding hydrogens is 420 g/mol. The van der Waals surface area contributed by atoms with Crippen LogP contribution in [-0.2, 0) is 27.2 Å². The number of aryl methyl sites for hydroxylation is 4. The van der Waals surface area contributed by atoms with Crippen molar-refractivity contribution in [3.63, 3.8) is 0 Å². The lowest BCUT2D eigenvalue weighted by atomic mass is 10.1. The first-order chi connectivity index (χ1) is 15.8. The van der Waals surface area contributed by atoms with Crippen molar-refractivity contribution in [2.75, 3.05) is 5.32 Å². The van der Waals surface area contributed by atoms with Crippen molar-refractivity contribution in [3.05, 3.63) is 82.7 Å². The third-order valence-corrected chi connectivity index (χ3v) is 5.27. The molecule has 10 nitrogen and oxygen atoms in total. The van der Waals surface area contributed by atoms with Crippen molar-refractivity contribution in [2.24, 2.45) is 14.1 Å². The number of hydrogen-bond donors (Lipinski definition) is 2. The molecule has 2 N–H and O–H groups in total. The predicted octanol–water partition coefficient (Wildman–Crippen LogP) is 2.20. The number of anilines is 1. The molecule has 1 aromatic carbocycles. The highest BCUT2D eigenvalue weighted by molar-refractivity contribution is 6.08. The van der Waals surface area contributed by atoms with Gasteiger partial charge in [-0.25, -0.2) is 0 Å². The normalized spacial score (nSPS) is 10.9. The van der Waals surface area contributed by atoms with Gasteiger partial charge >= 0.3 is 0 Å². The lowest BCUT2D eigenvalue weighted by Gasteiger charge is -2.09. The van der Waals surface area contributed by atoms with Gasteiger partial charge in [-0.1, -0.05) is 12.1 Å². The molecule has 0 atom stereocenters. The molecule has 0 aliphatic rings. The Labute approximate surface area is 191 Å². The fourth-order valence-corrected chi connectivity index (χ4v) is 3.59. The lowest BCUT2D eigenvalue weighted by molar-refractivity contribution is 0.0942. The van der Waals surface area contributed by atoms with Crippen molar-refractivity contribution in [3.8, 4) is 0 Å². The van der Waals surface area contributed by atoms with Crippen LogP contribution in [0.4, 0.5) is 5.69 Å². The average molecular weight is 447 g/mol.